The lowest BCUT2D eigenvalue weighted by molar-refractivity contribution is -0.0964. The molecule has 4 rings (SSSR count). The number of pyridine rings is 1. The van der Waals surface area contributed by atoms with Gasteiger partial charge in [0.15, 0.2) is 5.82 Å². The van der Waals surface area contributed by atoms with Crippen LogP contribution in [0.5, 0.6) is 5.75 Å². The minimum atomic E-state index is -3.81. The van der Waals surface area contributed by atoms with Crippen LogP contribution in [0.4, 0.5) is 26.0 Å². The van der Waals surface area contributed by atoms with Gasteiger partial charge in [0.2, 0.25) is 0 Å². The predicted molar refractivity (Wildman–Crippen MR) is 124 cm³/mol. The van der Waals surface area contributed by atoms with Gasteiger partial charge in [-0.05, 0) is 56.0 Å². The van der Waals surface area contributed by atoms with Crippen molar-refractivity contribution in [1.29, 1.82) is 0 Å². The van der Waals surface area contributed by atoms with Crippen LogP contribution >= 0.6 is 23.2 Å². The van der Waals surface area contributed by atoms with Crippen molar-refractivity contribution in [2.24, 2.45) is 0 Å². The number of aliphatic hydroxyl groups is 1. The Labute approximate surface area is 200 Å². The zero-order valence-corrected chi connectivity index (χ0v) is 19.1. The zero-order valence-electron chi connectivity index (χ0n) is 17.6. The summed E-state index contributed by atoms with van der Waals surface area (Å²) in [6, 6.07) is 7.19. The van der Waals surface area contributed by atoms with Gasteiger partial charge >= 0.3 is 5.57 Å². The molecule has 33 heavy (non-hydrogen) atoms. The van der Waals surface area contributed by atoms with Crippen molar-refractivity contribution in [2.75, 3.05) is 28.6 Å². The number of hydrogen-bond acceptors (Lipinski definition) is 6. The van der Waals surface area contributed by atoms with E-state index in [-0.39, 0.29) is 17.2 Å². The number of ether oxygens (including phenoxy) is 1. The number of hydrogen-bond donors (Lipinski definition) is 3. The van der Waals surface area contributed by atoms with Crippen LogP contribution in [0.25, 0.3) is 0 Å². The molecule has 0 radical (unpaired) electrons. The summed E-state index contributed by atoms with van der Waals surface area (Å²) in [6.07, 6.45) is 4.56. The highest BCUT2D eigenvalue weighted by Crippen LogP contribution is 2.33. The monoisotopic (exact) mass is 500 g/mol. The Hall–Kier alpha value is -2.36. The lowest BCUT2D eigenvalue weighted by Crippen LogP contribution is -2.28. The summed E-state index contributed by atoms with van der Waals surface area (Å²) in [6.45, 7) is 1.14. The number of halogens is 4. The minimum absolute atomic E-state index is 0.0133. The second kappa shape index (κ2) is 9.87. The molecule has 1 aromatic heterocycles. The Morgan fingerprint density at radius 1 is 1.24 bits per heavy atom. The summed E-state index contributed by atoms with van der Waals surface area (Å²) >= 11 is 11.2. The molecule has 178 valence electrons. The maximum atomic E-state index is 12.8. The van der Waals surface area contributed by atoms with Crippen molar-refractivity contribution >= 4 is 46.3 Å². The number of rotatable bonds is 7. The Morgan fingerprint density at radius 3 is 2.61 bits per heavy atom. The summed E-state index contributed by atoms with van der Waals surface area (Å²) in [5, 5.41) is 16.1. The fourth-order valence-electron chi connectivity index (χ4n) is 4.09. The zero-order chi connectivity index (χ0) is 23.6. The fourth-order valence-corrected chi connectivity index (χ4v) is 4.53. The van der Waals surface area contributed by atoms with E-state index >= 15 is 0 Å². The molecule has 7 nitrogen and oxygen atoms in total. The van der Waals surface area contributed by atoms with Crippen LogP contribution in [-0.4, -0.2) is 52.2 Å². The molecular formula is C22H24Cl2F2N4O3. The topological polar surface area (TPSA) is 86.7 Å². The number of nitrogens with one attached hydrogen (secondary N) is 2. The quantitative estimate of drug-likeness (QED) is 0.480. The van der Waals surface area contributed by atoms with Crippen molar-refractivity contribution in [1.82, 2.24) is 4.98 Å². The van der Waals surface area contributed by atoms with Gasteiger partial charge in [0.1, 0.15) is 5.75 Å². The first kappa shape index (κ1) is 23.8. The van der Waals surface area contributed by atoms with Crippen LogP contribution in [-0.2, 0) is 0 Å². The maximum Gasteiger partial charge on any atom is 0.487 e. The highest BCUT2D eigenvalue weighted by atomic mass is 35.5. The molecule has 1 saturated carbocycles. The number of β-amino-alcohol motifs (C(OH)–C–C–N with tert-alkyl or cyclic N) is 1. The van der Waals surface area contributed by atoms with Crippen LogP contribution in [0.2, 0.25) is 0 Å². The van der Waals surface area contributed by atoms with E-state index in [4.69, 9.17) is 23.2 Å². The van der Waals surface area contributed by atoms with E-state index in [1.54, 1.807) is 6.07 Å². The van der Waals surface area contributed by atoms with Gasteiger partial charge in [-0.3, -0.25) is 4.79 Å². The molecule has 1 aliphatic heterocycles. The van der Waals surface area contributed by atoms with Crippen molar-refractivity contribution in [3.63, 3.8) is 0 Å². The van der Waals surface area contributed by atoms with E-state index in [9.17, 15) is 18.7 Å². The average molecular weight is 501 g/mol. The number of nitrogens with zero attached hydrogens (tertiary/aromatic N) is 2. The van der Waals surface area contributed by atoms with Gasteiger partial charge in [-0.2, -0.15) is 0 Å². The normalized spacial score (nSPS) is 22.9. The standard InChI is InChI=1S/C22H24Cl2F2N4O3/c23-17-2-1-3-18(17)29-19-10-13(11-27-20(19)30-9-8-15(31)12-30)21(32)28-14-4-6-16(7-5-14)33-22(24,25)26/h4-7,10-11,15,17-18,29,31H,1-3,8-9,12H2,(H,28,32). The first-order chi connectivity index (χ1) is 15.7. The van der Waals surface area contributed by atoms with Gasteiger partial charge in [-0.15, -0.1) is 20.4 Å². The molecule has 2 heterocycles. The van der Waals surface area contributed by atoms with Crippen molar-refractivity contribution < 1.29 is 23.4 Å². The minimum Gasteiger partial charge on any atom is -0.420 e. The molecule has 1 aromatic carbocycles. The molecule has 2 aromatic rings. The van der Waals surface area contributed by atoms with Gasteiger partial charge in [-0.1, -0.05) is 0 Å². The molecular weight excluding hydrogens is 477 g/mol. The first-order valence-electron chi connectivity index (χ1n) is 10.7. The Kier molecular flexibility index (Phi) is 7.11. The van der Waals surface area contributed by atoms with E-state index < -0.39 is 17.6 Å². The molecule has 1 amide bonds. The summed E-state index contributed by atoms with van der Waals surface area (Å²) in [5.74, 6) is 0.122. The molecule has 0 spiro atoms. The van der Waals surface area contributed by atoms with Crippen LogP contribution < -0.4 is 20.3 Å². The predicted octanol–water partition coefficient (Wildman–Crippen LogP) is 4.64. The highest BCUT2D eigenvalue weighted by molar-refractivity contribution is 6.21. The number of benzene rings is 1. The second-order valence-corrected chi connectivity index (χ2v) is 9.21. The summed E-state index contributed by atoms with van der Waals surface area (Å²) in [5.41, 5.74) is -2.42. The SMILES string of the molecule is O=C(Nc1ccc(OC(F)(F)Cl)cc1)c1cnc(N2CCC(O)C2)c(NC2CCCC2Cl)c1. The number of amides is 1. The largest absolute Gasteiger partial charge is 0.487 e. The molecule has 1 aliphatic carbocycles. The summed E-state index contributed by atoms with van der Waals surface area (Å²) in [4.78, 5) is 19.3. The van der Waals surface area contributed by atoms with Crippen LogP contribution in [0.3, 0.4) is 0 Å². The molecule has 3 atom stereocenters. The number of carbonyl (C=O) groups is 1. The second-order valence-electron chi connectivity index (χ2n) is 8.21. The van der Waals surface area contributed by atoms with Gasteiger partial charge in [-0.25, -0.2) is 4.98 Å². The number of aliphatic hydroxyl groups excluding tert-OH is 1. The van der Waals surface area contributed by atoms with E-state index in [1.165, 1.54) is 30.5 Å². The third kappa shape index (κ3) is 6.16. The van der Waals surface area contributed by atoms with Gasteiger partial charge in [0, 0.05) is 42.6 Å². The Bertz CT molecular complexity index is 991. The highest BCUT2D eigenvalue weighted by Gasteiger charge is 2.29. The molecule has 3 unspecified atom stereocenters. The van der Waals surface area contributed by atoms with Crippen molar-refractivity contribution in [2.45, 2.75) is 48.8 Å². The smallest absolute Gasteiger partial charge is 0.420 e. The number of carbonyl (C=O) groups excluding carboxylic acids is 1. The summed E-state index contributed by atoms with van der Waals surface area (Å²) in [7, 11) is 0. The van der Waals surface area contributed by atoms with Gasteiger partial charge in [0.05, 0.1) is 22.7 Å². The van der Waals surface area contributed by atoms with Gasteiger partial charge < -0.3 is 25.4 Å². The summed E-state index contributed by atoms with van der Waals surface area (Å²) < 4.78 is 29.8. The molecule has 2 fully saturated rings. The number of aromatic nitrogens is 1. The van der Waals surface area contributed by atoms with Gasteiger partial charge in [0.25, 0.3) is 5.91 Å². The van der Waals surface area contributed by atoms with Crippen LogP contribution in [0.15, 0.2) is 36.5 Å². The van der Waals surface area contributed by atoms with E-state index in [2.05, 4.69) is 20.4 Å². The maximum absolute atomic E-state index is 12.8. The van der Waals surface area contributed by atoms with Crippen molar-refractivity contribution in [3.05, 3.63) is 42.1 Å². The number of alkyl halides is 4. The lowest BCUT2D eigenvalue weighted by atomic mass is 10.2. The average Bonchev–Trinajstić information content (AvgIpc) is 3.36. The Balaban J connectivity index is 1.51. The van der Waals surface area contributed by atoms with Crippen LogP contribution in [0, 0.1) is 0 Å². The molecule has 2 aliphatic rings. The van der Waals surface area contributed by atoms with E-state index in [0.29, 0.717) is 42.3 Å². The molecule has 1 saturated heterocycles. The first-order valence-corrected chi connectivity index (χ1v) is 11.5. The fraction of sp³-hybridized carbons (Fsp3) is 0.455. The van der Waals surface area contributed by atoms with Crippen molar-refractivity contribution in [3.8, 4) is 5.75 Å². The molecule has 11 heteroatoms. The third-order valence-electron chi connectivity index (χ3n) is 5.71. The Morgan fingerprint density at radius 2 is 2.00 bits per heavy atom. The van der Waals surface area contributed by atoms with Crippen LogP contribution in [0.1, 0.15) is 36.0 Å². The third-order valence-corrected chi connectivity index (χ3v) is 6.31. The molecule has 3 N–H and O–H groups in total. The van der Waals surface area contributed by atoms with E-state index in [1.807, 2.05) is 4.90 Å². The van der Waals surface area contributed by atoms with E-state index in [0.717, 1.165) is 19.3 Å². The number of anilines is 3. The molecule has 0 bridgehead atoms. The lowest BCUT2D eigenvalue weighted by Gasteiger charge is -2.24.